The molecule has 2 aromatic carbocycles. The highest BCUT2D eigenvalue weighted by Crippen LogP contribution is 2.31. The first-order valence-corrected chi connectivity index (χ1v) is 8.81. The molecule has 0 saturated carbocycles. The van der Waals surface area contributed by atoms with Crippen molar-refractivity contribution in [1.82, 2.24) is 0 Å². The highest BCUT2D eigenvalue weighted by molar-refractivity contribution is 7.99. The van der Waals surface area contributed by atoms with Crippen LogP contribution in [0, 0.1) is 11.3 Å². The monoisotopic (exact) mass is 388 g/mol. The van der Waals surface area contributed by atoms with Crippen LogP contribution in [0.5, 0.6) is 11.5 Å². The topological polar surface area (TPSA) is 71.3 Å². The van der Waals surface area contributed by atoms with Crippen LogP contribution in [0.4, 0.5) is 14.5 Å². The molecular weight excluding hydrogens is 374 g/mol. The van der Waals surface area contributed by atoms with Gasteiger partial charge in [-0.05, 0) is 48.0 Å². The molecule has 5 nitrogen and oxygen atoms in total. The zero-order valence-electron chi connectivity index (χ0n) is 13.9. The van der Waals surface area contributed by atoms with Gasteiger partial charge in [-0.15, -0.1) is 0 Å². The number of hydrogen-bond acceptors (Lipinski definition) is 5. The van der Waals surface area contributed by atoms with E-state index in [1.54, 1.807) is 18.2 Å². The normalized spacial score (nSPS) is 13.2. The second-order valence-electron chi connectivity index (χ2n) is 5.43. The van der Waals surface area contributed by atoms with Gasteiger partial charge < -0.3 is 14.8 Å². The Bertz CT molecular complexity index is 908. The van der Waals surface area contributed by atoms with Crippen molar-refractivity contribution in [3.63, 3.8) is 0 Å². The number of carbonyl (C=O) groups is 1. The number of thioether (sulfide) groups is 1. The lowest BCUT2D eigenvalue weighted by Crippen LogP contribution is -2.15. The highest BCUT2D eigenvalue weighted by atomic mass is 32.2. The van der Waals surface area contributed by atoms with Crippen LogP contribution >= 0.6 is 11.8 Å². The van der Waals surface area contributed by atoms with E-state index in [1.165, 1.54) is 30.3 Å². The molecule has 1 aliphatic heterocycles. The van der Waals surface area contributed by atoms with Crippen molar-refractivity contribution in [2.75, 3.05) is 18.5 Å². The number of nitriles is 1. The SMILES string of the molecule is N#CC(=Cc1ccc2c(c1)OCCO2)C(=O)Nc1ccc(SC(F)F)cc1. The maximum absolute atomic E-state index is 12.3. The molecule has 1 amide bonds. The van der Waals surface area contributed by atoms with Gasteiger partial charge in [0.1, 0.15) is 24.9 Å². The number of amides is 1. The zero-order valence-corrected chi connectivity index (χ0v) is 14.8. The summed E-state index contributed by atoms with van der Waals surface area (Å²) in [5, 5.41) is 11.9. The Hall–Kier alpha value is -3.05. The molecule has 0 aromatic heterocycles. The van der Waals surface area contributed by atoms with Gasteiger partial charge in [0.25, 0.3) is 11.7 Å². The number of hydrogen-bond donors (Lipinski definition) is 1. The summed E-state index contributed by atoms with van der Waals surface area (Å²) >= 11 is 0.418. The predicted octanol–water partition coefficient (Wildman–Crippen LogP) is 4.32. The number of carbonyl (C=O) groups excluding carboxylic acids is 1. The lowest BCUT2D eigenvalue weighted by atomic mass is 10.1. The number of nitrogens with zero attached hydrogens (tertiary/aromatic N) is 1. The van der Waals surface area contributed by atoms with Gasteiger partial charge >= 0.3 is 0 Å². The van der Waals surface area contributed by atoms with Crippen molar-refractivity contribution in [3.05, 3.63) is 53.6 Å². The van der Waals surface area contributed by atoms with E-state index in [1.807, 2.05) is 6.07 Å². The summed E-state index contributed by atoms with van der Waals surface area (Å²) in [5.74, 6) is -1.94. The Labute approximate surface area is 158 Å². The summed E-state index contributed by atoms with van der Waals surface area (Å²) in [5.41, 5.74) is 0.925. The van der Waals surface area contributed by atoms with Gasteiger partial charge in [0, 0.05) is 10.6 Å². The van der Waals surface area contributed by atoms with Crippen LogP contribution in [0.3, 0.4) is 0 Å². The average Bonchev–Trinajstić information content (AvgIpc) is 2.67. The molecule has 1 aliphatic rings. The number of anilines is 1. The summed E-state index contributed by atoms with van der Waals surface area (Å²) < 4.78 is 35.6. The highest BCUT2D eigenvalue weighted by Gasteiger charge is 2.14. The number of halogens is 2. The standard InChI is InChI=1S/C19H14F2N2O3S/c20-19(21)27-15-4-2-14(3-5-15)23-18(24)13(11-22)9-12-1-6-16-17(10-12)26-8-7-25-16/h1-6,9-10,19H,7-8H2,(H,23,24). The largest absolute Gasteiger partial charge is 0.486 e. The number of nitrogens with one attached hydrogen (secondary N) is 1. The van der Waals surface area contributed by atoms with Crippen molar-refractivity contribution < 1.29 is 23.0 Å². The fourth-order valence-corrected chi connectivity index (χ4v) is 2.88. The van der Waals surface area contributed by atoms with Crippen molar-refractivity contribution >= 4 is 29.4 Å². The minimum absolute atomic E-state index is 0.0993. The predicted molar refractivity (Wildman–Crippen MR) is 98.0 cm³/mol. The molecule has 138 valence electrons. The van der Waals surface area contributed by atoms with Gasteiger partial charge in [-0.3, -0.25) is 4.79 Å². The molecule has 0 radical (unpaired) electrons. The van der Waals surface area contributed by atoms with Crippen LogP contribution in [-0.4, -0.2) is 24.9 Å². The Morgan fingerprint density at radius 3 is 2.52 bits per heavy atom. The van der Waals surface area contributed by atoms with Gasteiger partial charge in [0.15, 0.2) is 11.5 Å². The van der Waals surface area contributed by atoms with Crippen LogP contribution in [-0.2, 0) is 4.79 Å². The van der Waals surface area contributed by atoms with Crippen LogP contribution in [0.25, 0.3) is 6.08 Å². The first-order valence-electron chi connectivity index (χ1n) is 7.93. The third-order valence-corrected chi connectivity index (χ3v) is 4.30. The van der Waals surface area contributed by atoms with Gasteiger partial charge in [-0.2, -0.15) is 14.0 Å². The minimum atomic E-state index is -2.51. The molecule has 8 heteroatoms. The van der Waals surface area contributed by atoms with Crippen molar-refractivity contribution in [2.24, 2.45) is 0 Å². The zero-order chi connectivity index (χ0) is 19.2. The van der Waals surface area contributed by atoms with E-state index in [0.717, 1.165) is 0 Å². The first kappa shape index (κ1) is 18.7. The molecule has 0 unspecified atom stereocenters. The van der Waals surface area contributed by atoms with E-state index < -0.39 is 11.7 Å². The summed E-state index contributed by atoms with van der Waals surface area (Å²) in [6.07, 6.45) is 1.44. The van der Waals surface area contributed by atoms with Crippen molar-refractivity contribution in [1.29, 1.82) is 5.26 Å². The van der Waals surface area contributed by atoms with Gasteiger partial charge in [-0.25, -0.2) is 0 Å². The summed E-state index contributed by atoms with van der Waals surface area (Å²) in [6, 6.07) is 12.9. The van der Waals surface area contributed by atoms with E-state index in [4.69, 9.17) is 9.47 Å². The van der Waals surface area contributed by atoms with Crippen LogP contribution in [0.15, 0.2) is 52.9 Å². The molecule has 0 bridgehead atoms. The smallest absolute Gasteiger partial charge is 0.288 e. The number of rotatable bonds is 5. The van der Waals surface area contributed by atoms with Crippen LogP contribution < -0.4 is 14.8 Å². The molecule has 1 heterocycles. The molecule has 27 heavy (non-hydrogen) atoms. The number of fused-ring (bicyclic) bond motifs is 1. The van der Waals surface area contributed by atoms with E-state index in [9.17, 15) is 18.8 Å². The molecule has 1 N–H and O–H groups in total. The first-order chi connectivity index (χ1) is 13.0. The second-order valence-corrected chi connectivity index (χ2v) is 6.49. The Kier molecular flexibility index (Phi) is 5.94. The quantitative estimate of drug-likeness (QED) is 0.469. The van der Waals surface area contributed by atoms with Crippen molar-refractivity contribution in [3.8, 4) is 17.6 Å². The maximum atomic E-state index is 12.3. The van der Waals surface area contributed by atoms with Gasteiger partial charge in [0.2, 0.25) is 0 Å². The molecule has 0 spiro atoms. The maximum Gasteiger partial charge on any atom is 0.288 e. The molecule has 0 saturated heterocycles. The third kappa shape index (κ3) is 4.99. The lowest BCUT2D eigenvalue weighted by Gasteiger charge is -2.18. The third-order valence-electron chi connectivity index (χ3n) is 3.58. The molecule has 0 atom stereocenters. The summed E-state index contributed by atoms with van der Waals surface area (Å²) in [6.45, 7) is 0.911. The Balaban J connectivity index is 1.72. The molecule has 0 fully saturated rings. The number of alkyl halides is 2. The van der Waals surface area contributed by atoms with E-state index in [0.29, 0.717) is 52.6 Å². The number of ether oxygens (including phenoxy) is 2. The second kappa shape index (κ2) is 8.56. The summed E-state index contributed by atoms with van der Waals surface area (Å²) in [4.78, 5) is 12.7. The fraction of sp³-hybridized carbons (Fsp3) is 0.158. The molecule has 2 aromatic rings. The number of benzene rings is 2. The fourth-order valence-electron chi connectivity index (χ4n) is 2.38. The minimum Gasteiger partial charge on any atom is -0.486 e. The van der Waals surface area contributed by atoms with E-state index in [-0.39, 0.29) is 5.57 Å². The summed E-state index contributed by atoms with van der Waals surface area (Å²) in [7, 11) is 0. The molecular formula is C19H14F2N2O3S. The molecule has 0 aliphatic carbocycles. The molecule has 3 rings (SSSR count). The van der Waals surface area contributed by atoms with E-state index >= 15 is 0 Å². The van der Waals surface area contributed by atoms with Gasteiger partial charge in [-0.1, -0.05) is 17.8 Å². The van der Waals surface area contributed by atoms with Crippen LogP contribution in [0.2, 0.25) is 0 Å². The van der Waals surface area contributed by atoms with Crippen molar-refractivity contribution in [2.45, 2.75) is 10.7 Å². The van der Waals surface area contributed by atoms with Gasteiger partial charge in [0.05, 0.1) is 0 Å². The average molecular weight is 388 g/mol. The van der Waals surface area contributed by atoms with E-state index in [2.05, 4.69) is 5.32 Å². The lowest BCUT2D eigenvalue weighted by molar-refractivity contribution is -0.112. The Morgan fingerprint density at radius 1 is 1.15 bits per heavy atom. The van der Waals surface area contributed by atoms with Crippen LogP contribution in [0.1, 0.15) is 5.56 Å². The Morgan fingerprint density at radius 2 is 1.85 bits per heavy atom.